The van der Waals surface area contributed by atoms with Gasteiger partial charge >= 0.3 is 0 Å². The molecule has 1 aromatic carbocycles. The van der Waals surface area contributed by atoms with Crippen LogP contribution in [-0.2, 0) is 17.9 Å². The van der Waals surface area contributed by atoms with Gasteiger partial charge in [0.2, 0.25) is 5.91 Å². The van der Waals surface area contributed by atoms with Crippen LogP contribution in [0, 0.1) is 0 Å². The monoisotopic (exact) mass is 434 g/mol. The molecule has 3 heterocycles. The largest absolute Gasteiger partial charge is 0.467 e. The minimum absolute atomic E-state index is 0.105. The Labute approximate surface area is 187 Å². The fraction of sp³-hybridized carbons (Fsp3) is 0.480. The van der Waals surface area contributed by atoms with Crippen LogP contribution in [0.25, 0.3) is 11.0 Å². The molecule has 2 aromatic heterocycles. The first kappa shape index (κ1) is 20.8. The quantitative estimate of drug-likeness (QED) is 0.665. The van der Waals surface area contributed by atoms with Crippen molar-refractivity contribution >= 4 is 22.8 Å². The lowest BCUT2D eigenvalue weighted by Crippen LogP contribution is -2.64. The predicted molar refractivity (Wildman–Crippen MR) is 121 cm³/mol. The number of hydrogen-bond donors (Lipinski definition) is 1. The average molecular weight is 435 g/mol. The van der Waals surface area contributed by atoms with Gasteiger partial charge in [-0.1, -0.05) is 44.2 Å². The number of benzene rings is 1. The van der Waals surface area contributed by atoms with Crippen LogP contribution < -0.4 is 5.32 Å². The second-order valence-corrected chi connectivity index (χ2v) is 9.27. The Kier molecular flexibility index (Phi) is 5.49. The molecule has 1 saturated carbocycles. The number of furan rings is 1. The predicted octanol–water partition coefficient (Wildman–Crippen LogP) is 4.27. The second kappa shape index (κ2) is 8.45. The van der Waals surface area contributed by atoms with Gasteiger partial charge in [-0.05, 0) is 44.0 Å². The summed E-state index contributed by atoms with van der Waals surface area (Å²) in [5, 5.41) is 3.30. The van der Waals surface area contributed by atoms with Crippen molar-refractivity contribution < 1.29 is 14.0 Å². The Balaban J connectivity index is 1.50. The fourth-order valence-corrected chi connectivity index (χ4v) is 5.08. The van der Waals surface area contributed by atoms with E-state index in [-0.39, 0.29) is 24.4 Å². The van der Waals surface area contributed by atoms with E-state index >= 15 is 0 Å². The molecular weight excluding hydrogens is 404 g/mol. The van der Waals surface area contributed by atoms with Gasteiger partial charge in [-0.15, -0.1) is 0 Å². The van der Waals surface area contributed by atoms with E-state index in [0.29, 0.717) is 18.1 Å². The molecule has 2 aliphatic rings. The molecular formula is C25H30N4O3. The van der Waals surface area contributed by atoms with Crippen LogP contribution in [0.5, 0.6) is 0 Å². The molecule has 32 heavy (non-hydrogen) atoms. The first-order valence-electron chi connectivity index (χ1n) is 11.7. The number of para-hydroxylation sites is 2. The molecule has 1 atom stereocenters. The van der Waals surface area contributed by atoms with E-state index < -0.39 is 5.54 Å². The molecule has 7 heteroatoms. The zero-order chi connectivity index (χ0) is 22.1. The normalized spacial score (nSPS) is 22.4. The van der Waals surface area contributed by atoms with Crippen LogP contribution in [0.3, 0.4) is 0 Å². The van der Waals surface area contributed by atoms with Crippen molar-refractivity contribution in [1.29, 1.82) is 0 Å². The Bertz CT molecular complexity index is 1110. The van der Waals surface area contributed by atoms with Crippen molar-refractivity contribution in [2.24, 2.45) is 0 Å². The van der Waals surface area contributed by atoms with E-state index in [1.165, 1.54) is 19.3 Å². The van der Waals surface area contributed by atoms with Gasteiger partial charge in [0.05, 0.1) is 30.4 Å². The number of nitrogens with one attached hydrogen (secondary N) is 1. The standard InChI is InChI=1S/C25H30N4O3/c1-25(24(31)26-18-10-5-3-2-4-6-11-18)17-28-21-14-8-7-13-20(21)27-22(28)23(30)29(25)16-19-12-9-15-32-19/h7-9,12-15,18H,2-6,10-11,16-17H2,1H3,(H,26,31)/t25-/m1/s1. The molecule has 0 spiro atoms. The Morgan fingerprint density at radius 2 is 1.88 bits per heavy atom. The highest BCUT2D eigenvalue weighted by atomic mass is 16.3. The smallest absolute Gasteiger partial charge is 0.291 e. The van der Waals surface area contributed by atoms with Crippen molar-refractivity contribution in [3.05, 3.63) is 54.2 Å². The van der Waals surface area contributed by atoms with E-state index in [1.807, 2.05) is 41.8 Å². The van der Waals surface area contributed by atoms with Gasteiger partial charge in [0, 0.05) is 6.04 Å². The van der Waals surface area contributed by atoms with Gasteiger partial charge in [0.1, 0.15) is 11.3 Å². The molecule has 7 nitrogen and oxygen atoms in total. The van der Waals surface area contributed by atoms with E-state index in [2.05, 4.69) is 10.3 Å². The van der Waals surface area contributed by atoms with E-state index in [4.69, 9.17) is 4.42 Å². The highest BCUT2D eigenvalue weighted by molar-refractivity contribution is 6.01. The van der Waals surface area contributed by atoms with Gasteiger partial charge < -0.3 is 19.2 Å². The van der Waals surface area contributed by atoms with Crippen molar-refractivity contribution in [1.82, 2.24) is 19.8 Å². The third kappa shape index (κ3) is 3.70. The third-order valence-corrected chi connectivity index (χ3v) is 6.98. The Morgan fingerprint density at radius 1 is 1.12 bits per heavy atom. The molecule has 0 saturated heterocycles. The number of aromatic nitrogens is 2. The summed E-state index contributed by atoms with van der Waals surface area (Å²) in [6.07, 6.45) is 9.56. The lowest BCUT2D eigenvalue weighted by atomic mass is 9.92. The molecule has 3 aromatic rings. The molecule has 1 aliphatic carbocycles. The molecule has 0 bridgehead atoms. The topological polar surface area (TPSA) is 80.4 Å². The summed E-state index contributed by atoms with van der Waals surface area (Å²) in [5.41, 5.74) is 0.583. The molecule has 2 amide bonds. The van der Waals surface area contributed by atoms with Gasteiger partial charge in [-0.3, -0.25) is 9.59 Å². The Morgan fingerprint density at radius 3 is 2.62 bits per heavy atom. The van der Waals surface area contributed by atoms with Gasteiger partial charge in [0.15, 0.2) is 5.82 Å². The molecule has 0 unspecified atom stereocenters. The summed E-state index contributed by atoms with van der Waals surface area (Å²) < 4.78 is 7.43. The molecule has 5 rings (SSSR count). The van der Waals surface area contributed by atoms with Crippen molar-refractivity contribution in [3.8, 4) is 0 Å². The van der Waals surface area contributed by atoms with E-state index in [0.717, 1.165) is 36.7 Å². The fourth-order valence-electron chi connectivity index (χ4n) is 5.08. The van der Waals surface area contributed by atoms with Crippen LogP contribution in [0.2, 0.25) is 0 Å². The summed E-state index contributed by atoms with van der Waals surface area (Å²) in [5.74, 6) is 0.660. The SMILES string of the molecule is C[C@]1(C(=O)NC2CCCCCCC2)Cn2c(nc3ccccc32)C(=O)N1Cc1ccco1. The summed E-state index contributed by atoms with van der Waals surface area (Å²) in [6, 6.07) is 11.5. The number of fused-ring (bicyclic) bond motifs is 3. The number of rotatable bonds is 4. The summed E-state index contributed by atoms with van der Waals surface area (Å²) >= 11 is 0. The number of amides is 2. The lowest BCUT2D eigenvalue weighted by Gasteiger charge is -2.43. The average Bonchev–Trinajstić information content (AvgIpc) is 3.41. The lowest BCUT2D eigenvalue weighted by molar-refractivity contribution is -0.134. The number of carbonyl (C=O) groups excluding carboxylic acids is 2. The summed E-state index contributed by atoms with van der Waals surface area (Å²) in [6.45, 7) is 2.45. The zero-order valence-corrected chi connectivity index (χ0v) is 18.5. The third-order valence-electron chi connectivity index (χ3n) is 6.98. The van der Waals surface area contributed by atoms with Crippen molar-refractivity contribution in [2.45, 2.75) is 76.5 Å². The van der Waals surface area contributed by atoms with Gasteiger partial charge in [0.25, 0.3) is 5.91 Å². The maximum Gasteiger partial charge on any atom is 0.291 e. The second-order valence-electron chi connectivity index (χ2n) is 9.27. The Hall–Kier alpha value is -3.09. The van der Waals surface area contributed by atoms with E-state index in [1.54, 1.807) is 17.2 Å². The number of carbonyl (C=O) groups is 2. The van der Waals surface area contributed by atoms with E-state index in [9.17, 15) is 9.59 Å². The molecule has 0 radical (unpaired) electrons. The van der Waals surface area contributed by atoms with Crippen molar-refractivity contribution in [3.63, 3.8) is 0 Å². The molecule has 1 N–H and O–H groups in total. The minimum atomic E-state index is -1.05. The van der Waals surface area contributed by atoms with Crippen LogP contribution >= 0.6 is 0 Å². The number of imidazole rings is 1. The summed E-state index contributed by atoms with van der Waals surface area (Å²) in [7, 11) is 0. The first-order chi connectivity index (χ1) is 15.6. The summed E-state index contributed by atoms with van der Waals surface area (Å²) in [4.78, 5) is 33.6. The van der Waals surface area contributed by atoms with Crippen LogP contribution in [-0.4, -0.2) is 37.8 Å². The number of hydrogen-bond acceptors (Lipinski definition) is 4. The minimum Gasteiger partial charge on any atom is -0.467 e. The van der Waals surface area contributed by atoms with Crippen LogP contribution in [0.15, 0.2) is 47.1 Å². The van der Waals surface area contributed by atoms with Crippen LogP contribution in [0.4, 0.5) is 0 Å². The number of nitrogens with zero attached hydrogens (tertiary/aromatic N) is 3. The molecule has 168 valence electrons. The highest BCUT2D eigenvalue weighted by Crippen LogP contribution is 2.32. The van der Waals surface area contributed by atoms with Gasteiger partial charge in [-0.25, -0.2) is 4.98 Å². The molecule has 1 fully saturated rings. The maximum atomic E-state index is 13.8. The zero-order valence-electron chi connectivity index (χ0n) is 18.5. The maximum absolute atomic E-state index is 13.8. The van der Waals surface area contributed by atoms with Crippen molar-refractivity contribution in [2.75, 3.05) is 0 Å². The van der Waals surface area contributed by atoms with Gasteiger partial charge in [-0.2, -0.15) is 0 Å². The molecule has 1 aliphatic heterocycles. The highest BCUT2D eigenvalue weighted by Gasteiger charge is 2.49. The first-order valence-corrected chi connectivity index (χ1v) is 11.7. The van der Waals surface area contributed by atoms with Crippen LogP contribution in [0.1, 0.15) is 68.2 Å².